The molecule has 2 aromatic rings. The monoisotopic (exact) mass is 220 g/mol. The van der Waals surface area contributed by atoms with E-state index in [4.69, 9.17) is 13.9 Å². The SMILES string of the molecule is COC(OC)c1ccnc(-c2ccco2)n1. The van der Waals surface area contributed by atoms with Crippen LogP contribution in [-0.2, 0) is 9.47 Å². The smallest absolute Gasteiger partial charge is 0.200 e. The third-order valence-electron chi connectivity index (χ3n) is 2.09. The van der Waals surface area contributed by atoms with E-state index in [1.165, 1.54) is 0 Å². The maximum atomic E-state index is 5.21. The van der Waals surface area contributed by atoms with Gasteiger partial charge in [0, 0.05) is 20.4 Å². The Kier molecular flexibility index (Phi) is 3.28. The Hall–Kier alpha value is -1.72. The first kappa shape index (κ1) is 10.8. The van der Waals surface area contributed by atoms with Crippen molar-refractivity contribution in [2.24, 2.45) is 0 Å². The standard InChI is InChI=1S/C11H12N2O3/c1-14-11(15-2)8-5-6-12-10(13-8)9-4-3-7-16-9/h3-7,11H,1-2H3. The van der Waals surface area contributed by atoms with Crippen LogP contribution in [0.2, 0.25) is 0 Å². The second-order valence-electron chi connectivity index (χ2n) is 3.09. The second-order valence-corrected chi connectivity index (χ2v) is 3.09. The first-order valence-corrected chi connectivity index (χ1v) is 4.77. The van der Waals surface area contributed by atoms with Gasteiger partial charge in [-0.15, -0.1) is 0 Å². The molecule has 84 valence electrons. The van der Waals surface area contributed by atoms with Crippen LogP contribution in [0, 0.1) is 0 Å². The van der Waals surface area contributed by atoms with Gasteiger partial charge in [-0.3, -0.25) is 0 Å². The number of methoxy groups -OCH3 is 2. The lowest BCUT2D eigenvalue weighted by Crippen LogP contribution is -2.07. The highest BCUT2D eigenvalue weighted by atomic mass is 16.7. The van der Waals surface area contributed by atoms with Crippen LogP contribution in [0.3, 0.4) is 0 Å². The number of ether oxygens (including phenoxy) is 2. The number of aromatic nitrogens is 2. The molecule has 5 heteroatoms. The molecular formula is C11H12N2O3. The molecule has 5 nitrogen and oxygen atoms in total. The van der Waals surface area contributed by atoms with Gasteiger partial charge in [0.15, 0.2) is 11.6 Å². The maximum absolute atomic E-state index is 5.21. The highest BCUT2D eigenvalue weighted by Gasteiger charge is 2.13. The third-order valence-corrected chi connectivity index (χ3v) is 2.09. The molecule has 0 aliphatic heterocycles. The lowest BCUT2D eigenvalue weighted by molar-refractivity contribution is -0.108. The van der Waals surface area contributed by atoms with Gasteiger partial charge in [-0.25, -0.2) is 9.97 Å². The lowest BCUT2D eigenvalue weighted by Gasteiger charge is -2.12. The average Bonchev–Trinajstić information content (AvgIpc) is 2.85. The van der Waals surface area contributed by atoms with Crippen LogP contribution in [0.4, 0.5) is 0 Å². The predicted molar refractivity (Wildman–Crippen MR) is 56.5 cm³/mol. The summed E-state index contributed by atoms with van der Waals surface area (Å²) in [6, 6.07) is 5.33. The van der Waals surface area contributed by atoms with Crippen LogP contribution in [0.5, 0.6) is 0 Å². The van der Waals surface area contributed by atoms with Crippen LogP contribution < -0.4 is 0 Å². The first-order valence-electron chi connectivity index (χ1n) is 4.77. The van der Waals surface area contributed by atoms with Crippen molar-refractivity contribution >= 4 is 0 Å². The normalized spacial score (nSPS) is 10.9. The summed E-state index contributed by atoms with van der Waals surface area (Å²) in [5.74, 6) is 1.13. The molecule has 0 aliphatic carbocycles. The summed E-state index contributed by atoms with van der Waals surface area (Å²) in [4.78, 5) is 8.42. The maximum Gasteiger partial charge on any atom is 0.200 e. The molecule has 0 atom stereocenters. The number of hydrogen-bond acceptors (Lipinski definition) is 5. The minimum atomic E-state index is -0.489. The molecule has 0 N–H and O–H groups in total. The predicted octanol–water partition coefficient (Wildman–Crippen LogP) is 2.03. The second kappa shape index (κ2) is 4.87. The molecule has 0 unspecified atom stereocenters. The van der Waals surface area contributed by atoms with Gasteiger partial charge in [-0.1, -0.05) is 0 Å². The summed E-state index contributed by atoms with van der Waals surface area (Å²) in [5.41, 5.74) is 0.659. The summed E-state index contributed by atoms with van der Waals surface area (Å²) in [7, 11) is 3.12. The number of rotatable bonds is 4. The summed E-state index contributed by atoms with van der Waals surface area (Å²) in [6.07, 6.45) is 2.73. The van der Waals surface area contributed by atoms with E-state index in [0.717, 1.165) is 0 Å². The third kappa shape index (κ3) is 2.10. The summed E-state index contributed by atoms with van der Waals surface area (Å²) in [6.45, 7) is 0. The molecular weight excluding hydrogens is 208 g/mol. The van der Waals surface area contributed by atoms with Crippen LogP contribution in [-0.4, -0.2) is 24.2 Å². The minimum absolute atomic E-state index is 0.489. The van der Waals surface area contributed by atoms with E-state index < -0.39 is 6.29 Å². The fourth-order valence-electron chi connectivity index (χ4n) is 1.37. The minimum Gasteiger partial charge on any atom is -0.461 e. The van der Waals surface area contributed by atoms with Gasteiger partial charge in [0.25, 0.3) is 0 Å². The Labute approximate surface area is 93.0 Å². The molecule has 0 spiro atoms. The molecule has 0 bridgehead atoms. The van der Waals surface area contributed by atoms with Gasteiger partial charge < -0.3 is 13.9 Å². The Balaban J connectivity index is 2.33. The zero-order chi connectivity index (χ0) is 11.4. The molecule has 0 aliphatic rings. The van der Waals surface area contributed by atoms with Crippen molar-refractivity contribution < 1.29 is 13.9 Å². The van der Waals surface area contributed by atoms with Gasteiger partial charge in [-0.05, 0) is 18.2 Å². The summed E-state index contributed by atoms with van der Waals surface area (Å²) in [5, 5.41) is 0. The molecule has 0 radical (unpaired) electrons. The number of hydrogen-bond donors (Lipinski definition) is 0. The molecule has 0 aromatic carbocycles. The van der Waals surface area contributed by atoms with E-state index in [1.54, 1.807) is 44.9 Å². The van der Waals surface area contributed by atoms with Crippen molar-refractivity contribution in [1.82, 2.24) is 9.97 Å². The molecule has 0 saturated carbocycles. The highest BCUT2D eigenvalue weighted by Crippen LogP contribution is 2.19. The van der Waals surface area contributed by atoms with Crippen molar-refractivity contribution in [3.63, 3.8) is 0 Å². The molecule has 16 heavy (non-hydrogen) atoms. The zero-order valence-electron chi connectivity index (χ0n) is 9.08. The van der Waals surface area contributed by atoms with E-state index >= 15 is 0 Å². The average molecular weight is 220 g/mol. The Morgan fingerprint density at radius 3 is 2.69 bits per heavy atom. The van der Waals surface area contributed by atoms with Gasteiger partial charge in [0.1, 0.15) is 5.69 Å². The summed E-state index contributed by atoms with van der Waals surface area (Å²) < 4.78 is 15.4. The quantitative estimate of drug-likeness (QED) is 0.738. The van der Waals surface area contributed by atoms with E-state index in [0.29, 0.717) is 17.3 Å². The first-order chi connectivity index (χ1) is 7.85. The molecule has 2 aromatic heterocycles. The van der Waals surface area contributed by atoms with Crippen LogP contribution in [0.1, 0.15) is 12.0 Å². The zero-order valence-corrected chi connectivity index (χ0v) is 9.08. The molecule has 2 rings (SSSR count). The van der Waals surface area contributed by atoms with Crippen molar-refractivity contribution in [3.05, 3.63) is 36.4 Å². The van der Waals surface area contributed by atoms with E-state index in [1.807, 2.05) is 0 Å². The van der Waals surface area contributed by atoms with Crippen molar-refractivity contribution in [1.29, 1.82) is 0 Å². The number of nitrogens with zero attached hydrogens (tertiary/aromatic N) is 2. The molecule has 0 fully saturated rings. The van der Waals surface area contributed by atoms with Gasteiger partial charge in [-0.2, -0.15) is 0 Å². The molecule has 2 heterocycles. The fourth-order valence-corrected chi connectivity index (χ4v) is 1.37. The Morgan fingerprint density at radius 1 is 1.25 bits per heavy atom. The Bertz CT molecular complexity index is 438. The van der Waals surface area contributed by atoms with E-state index in [2.05, 4.69) is 9.97 Å². The van der Waals surface area contributed by atoms with E-state index in [-0.39, 0.29) is 0 Å². The van der Waals surface area contributed by atoms with Crippen LogP contribution in [0.25, 0.3) is 11.6 Å². The van der Waals surface area contributed by atoms with Crippen molar-refractivity contribution in [3.8, 4) is 11.6 Å². The topological polar surface area (TPSA) is 57.4 Å². The van der Waals surface area contributed by atoms with Crippen LogP contribution >= 0.6 is 0 Å². The van der Waals surface area contributed by atoms with Crippen molar-refractivity contribution in [2.45, 2.75) is 6.29 Å². The fraction of sp³-hybridized carbons (Fsp3) is 0.273. The van der Waals surface area contributed by atoms with Gasteiger partial charge >= 0.3 is 0 Å². The molecule has 0 amide bonds. The Morgan fingerprint density at radius 2 is 2.06 bits per heavy atom. The van der Waals surface area contributed by atoms with Gasteiger partial charge in [0.05, 0.1) is 6.26 Å². The van der Waals surface area contributed by atoms with Crippen LogP contribution in [0.15, 0.2) is 35.1 Å². The lowest BCUT2D eigenvalue weighted by atomic mass is 10.3. The largest absolute Gasteiger partial charge is 0.461 e. The molecule has 0 saturated heterocycles. The van der Waals surface area contributed by atoms with E-state index in [9.17, 15) is 0 Å². The number of furan rings is 1. The van der Waals surface area contributed by atoms with Crippen molar-refractivity contribution in [2.75, 3.05) is 14.2 Å². The highest BCUT2D eigenvalue weighted by molar-refractivity contribution is 5.45. The summed E-state index contributed by atoms with van der Waals surface area (Å²) >= 11 is 0. The van der Waals surface area contributed by atoms with Gasteiger partial charge in [0.2, 0.25) is 6.29 Å².